The monoisotopic (exact) mass is 287 g/mol. The van der Waals surface area contributed by atoms with Crippen LogP contribution in [0.25, 0.3) is 0 Å². The van der Waals surface area contributed by atoms with Crippen molar-refractivity contribution in [3.63, 3.8) is 0 Å². The molecule has 112 valence electrons. The van der Waals surface area contributed by atoms with Gasteiger partial charge in [0.2, 0.25) is 5.91 Å². The molecule has 1 N–H and O–H groups in total. The first-order chi connectivity index (χ1) is 10.3. The fraction of sp³-hybridized carbons (Fsp3) is 0.500. The summed E-state index contributed by atoms with van der Waals surface area (Å²) in [5, 5.41) is 2.56. The number of benzene rings is 1. The Balaban J connectivity index is 1.53. The summed E-state index contributed by atoms with van der Waals surface area (Å²) in [5.41, 5.74) is 1.37. The van der Waals surface area contributed by atoms with Crippen LogP contribution in [0.2, 0.25) is 0 Å². The zero-order valence-electron chi connectivity index (χ0n) is 12.1. The highest BCUT2D eigenvalue weighted by molar-refractivity contribution is 6.01. The largest absolute Gasteiger partial charge is 0.329 e. The Morgan fingerprint density at radius 2 is 1.95 bits per heavy atom. The Morgan fingerprint density at radius 1 is 1.14 bits per heavy atom. The number of carbonyl (C=O) groups excluding carboxylic acids is 2. The number of hydrogen-bond donors (Lipinski definition) is 1. The Labute approximate surface area is 124 Å². The molecule has 0 aromatic heterocycles. The zero-order valence-corrected chi connectivity index (χ0v) is 12.1. The second-order valence-electron chi connectivity index (χ2n) is 5.66. The highest BCUT2D eigenvalue weighted by Crippen LogP contribution is 2.31. The maximum absolute atomic E-state index is 11.5. The molecule has 5 nitrogen and oxygen atoms in total. The molecule has 0 bridgehead atoms. The Bertz CT molecular complexity index is 502. The molecule has 0 spiro atoms. The van der Waals surface area contributed by atoms with Gasteiger partial charge in [-0.25, -0.2) is 4.79 Å². The topological polar surface area (TPSA) is 52.7 Å². The van der Waals surface area contributed by atoms with Gasteiger partial charge in [0.25, 0.3) is 0 Å². The average Bonchev–Trinajstić information content (AvgIpc) is 3.09. The standard InChI is InChI=1S/C16H21N3O2/c20-15-12-17-16(21)19(15)11-5-10-18-9-4-8-14(18)13-6-2-1-3-7-13/h1-3,6-7,14H,4-5,8-12H2,(H,17,21)/t14-/m0/s1. The molecule has 5 heteroatoms. The van der Waals surface area contributed by atoms with Crippen LogP contribution in [0, 0.1) is 0 Å². The van der Waals surface area contributed by atoms with E-state index in [1.807, 2.05) is 6.07 Å². The Morgan fingerprint density at radius 3 is 2.67 bits per heavy atom. The Kier molecular flexibility index (Phi) is 4.20. The van der Waals surface area contributed by atoms with Crippen molar-refractivity contribution < 1.29 is 9.59 Å². The van der Waals surface area contributed by atoms with E-state index < -0.39 is 0 Å². The molecule has 1 aromatic rings. The maximum atomic E-state index is 11.5. The van der Waals surface area contributed by atoms with Crippen LogP contribution >= 0.6 is 0 Å². The molecule has 2 aliphatic rings. The van der Waals surface area contributed by atoms with Crippen molar-refractivity contribution >= 4 is 11.9 Å². The molecule has 0 saturated carbocycles. The van der Waals surface area contributed by atoms with Gasteiger partial charge in [-0.1, -0.05) is 30.3 Å². The van der Waals surface area contributed by atoms with Gasteiger partial charge < -0.3 is 5.32 Å². The molecular weight excluding hydrogens is 266 g/mol. The maximum Gasteiger partial charge on any atom is 0.324 e. The molecule has 3 rings (SSSR count). The fourth-order valence-electron chi connectivity index (χ4n) is 3.26. The van der Waals surface area contributed by atoms with Crippen LogP contribution in [0.5, 0.6) is 0 Å². The quantitative estimate of drug-likeness (QED) is 0.840. The number of imide groups is 1. The van der Waals surface area contributed by atoms with E-state index in [1.165, 1.54) is 23.3 Å². The second kappa shape index (κ2) is 6.26. The third-order valence-electron chi connectivity index (χ3n) is 4.31. The van der Waals surface area contributed by atoms with E-state index in [-0.39, 0.29) is 18.5 Å². The minimum Gasteiger partial charge on any atom is -0.329 e. The van der Waals surface area contributed by atoms with Crippen molar-refractivity contribution in [1.82, 2.24) is 15.1 Å². The number of amides is 3. The molecule has 2 heterocycles. The highest BCUT2D eigenvalue weighted by atomic mass is 16.2. The molecule has 0 radical (unpaired) electrons. The predicted octanol–water partition coefficient (Wildman–Crippen LogP) is 1.77. The van der Waals surface area contributed by atoms with Crippen LogP contribution in [0.1, 0.15) is 30.9 Å². The van der Waals surface area contributed by atoms with E-state index in [9.17, 15) is 9.59 Å². The van der Waals surface area contributed by atoms with Gasteiger partial charge >= 0.3 is 6.03 Å². The van der Waals surface area contributed by atoms with Gasteiger partial charge in [0, 0.05) is 19.1 Å². The molecule has 0 aliphatic carbocycles. The van der Waals surface area contributed by atoms with Gasteiger partial charge in [-0.05, 0) is 31.4 Å². The molecule has 0 unspecified atom stereocenters. The first-order valence-corrected chi connectivity index (χ1v) is 7.63. The summed E-state index contributed by atoms with van der Waals surface area (Å²) in [6.07, 6.45) is 3.23. The lowest BCUT2D eigenvalue weighted by Crippen LogP contribution is -2.34. The van der Waals surface area contributed by atoms with Crippen LogP contribution < -0.4 is 5.32 Å². The van der Waals surface area contributed by atoms with Crippen molar-refractivity contribution in [2.45, 2.75) is 25.3 Å². The van der Waals surface area contributed by atoms with E-state index >= 15 is 0 Å². The molecular formula is C16H21N3O2. The van der Waals surface area contributed by atoms with Gasteiger partial charge in [0.15, 0.2) is 0 Å². The van der Waals surface area contributed by atoms with E-state index in [0.29, 0.717) is 12.6 Å². The number of carbonyl (C=O) groups is 2. The summed E-state index contributed by atoms with van der Waals surface area (Å²) in [5.74, 6) is -0.110. The summed E-state index contributed by atoms with van der Waals surface area (Å²) in [6.45, 7) is 2.69. The molecule has 3 amide bonds. The molecule has 2 saturated heterocycles. The zero-order chi connectivity index (χ0) is 14.7. The van der Waals surface area contributed by atoms with E-state index in [0.717, 1.165) is 19.5 Å². The van der Waals surface area contributed by atoms with Gasteiger partial charge in [-0.3, -0.25) is 14.6 Å². The van der Waals surface area contributed by atoms with Crippen molar-refractivity contribution in [2.75, 3.05) is 26.2 Å². The highest BCUT2D eigenvalue weighted by Gasteiger charge is 2.29. The minimum atomic E-state index is -0.249. The van der Waals surface area contributed by atoms with Crippen LogP contribution in [-0.4, -0.2) is 47.9 Å². The van der Waals surface area contributed by atoms with Gasteiger partial charge in [0.1, 0.15) is 0 Å². The lowest BCUT2D eigenvalue weighted by atomic mass is 10.0. The third-order valence-corrected chi connectivity index (χ3v) is 4.31. The van der Waals surface area contributed by atoms with Crippen LogP contribution in [0.15, 0.2) is 30.3 Å². The molecule has 2 aliphatic heterocycles. The van der Waals surface area contributed by atoms with Crippen molar-refractivity contribution in [1.29, 1.82) is 0 Å². The summed E-state index contributed by atoms with van der Waals surface area (Å²) in [6, 6.07) is 10.8. The van der Waals surface area contributed by atoms with E-state index in [4.69, 9.17) is 0 Å². The van der Waals surface area contributed by atoms with Crippen molar-refractivity contribution in [3.8, 4) is 0 Å². The predicted molar refractivity (Wildman–Crippen MR) is 79.7 cm³/mol. The van der Waals surface area contributed by atoms with Crippen LogP contribution in [0.3, 0.4) is 0 Å². The average molecular weight is 287 g/mol. The lowest BCUT2D eigenvalue weighted by Gasteiger charge is -2.25. The SMILES string of the molecule is O=C1CNC(=O)N1CCCN1CCC[C@H]1c1ccccc1. The number of nitrogens with zero attached hydrogens (tertiary/aromatic N) is 2. The van der Waals surface area contributed by atoms with Crippen LogP contribution in [0.4, 0.5) is 4.79 Å². The fourth-order valence-corrected chi connectivity index (χ4v) is 3.26. The number of hydrogen-bond acceptors (Lipinski definition) is 3. The van der Waals surface area contributed by atoms with Crippen molar-refractivity contribution in [3.05, 3.63) is 35.9 Å². The van der Waals surface area contributed by atoms with Gasteiger partial charge in [-0.15, -0.1) is 0 Å². The molecule has 1 atom stereocenters. The van der Waals surface area contributed by atoms with E-state index in [1.54, 1.807) is 0 Å². The number of likely N-dealkylation sites (tertiary alicyclic amines) is 1. The number of urea groups is 1. The summed E-state index contributed by atoms with van der Waals surface area (Å²) >= 11 is 0. The smallest absolute Gasteiger partial charge is 0.324 e. The number of rotatable bonds is 5. The van der Waals surface area contributed by atoms with E-state index in [2.05, 4.69) is 34.5 Å². The first-order valence-electron chi connectivity index (χ1n) is 7.63. The summed E-state index contributed by atoms with van der Waals surface area (Å²) < 4.78 is 0. The first kappa shape index (κ1) is 14.1. The minimum absolute atomic E-state index is 0.110. The molecule has 2 fully saturated rings. The Hall–Kier alpha value is -1.88. The summed E-state index contributed by atoms with van der Waals surface area (Å²) in [7, 11) is 0. The lowest BCUT2D eigenvalue weighted by molar-refractivity contribution is -0.125. The van der Waals surface area contributed by atoms with Gasteiger partial charge in [0.05, 0.1) is 6.54 Å². The van der Waals surface area contributed by atoms with Crippen LogP contribution in [-0.2, 0) is 4.79 Å². The van der Waals surface area contributed by atoms with Gasteiger partial charge in [-0.2, -0.15) is 0 Å². The second-order valence-corrected chi connectivity index (χ2v) is 5.66. The normalized spacial score (nSPS) is 22.9. The number of nitrogens with one attached hydrogen (secondary N) is 1. The summed E-state index contributed by atoms with van der Waals surface area (Å²) in [4.78, 5) is 26.8. The molecule has 1 aromatic carbocycles. The van der Waals surface area contributed by atoms with Crippen molar-refractivity contribution in [2.24, 2.45) is 0 Å². The molecule has 21 heavy (non-hydrogen) atoms. The third kappa shape index (κ3) is 3.08.